The molecule has 0 aliphatic rings. The third kappa shape index (κ3) is 4.13. The molecule has 0 bridgehead atoms. The summed E-state index contributed by atoms with van der Waals surface area (Å²) in [4.78, 5) is 14.7. The summed E-state index contributed by atoms with van der Waals surface area (Å²) >= 11 is 0. The van der Waals surface area contributed by atoms with Crippen molar-refractivity contribution in [3.8, 4) is 0 Å². The van der Waals surface area contributed by atoms with E-state index >= 15 is 0 Å². The van der Waals surface area contributed by atoms with Gasteiger partial charge < -0.3 is 14.6 Å². The number of amides is 1. The van der Waals surface area contributed by atoms with Crippen LogP contribution in [-0.4, -0.2) is 45.8 Å². The van der Waals surface area contributed by atoms with Crippen molar-refractivity contribution in [2.75, 3.05) is 37.4 Å². The van der Waals surface area contributed by atoms with Crippen LogP contribution >= 0.6 is 0 Å². The maximum Gasteiger partial charge on any atom is 0.291 e. The molecule has 0 aliphatic heterocycles. The molecule has 29 heavy (non-hydrogen) atoms. The Labute approximate surface area is 171 Å². The van der Waals surface area contributed by atoms with Crippen molar-refractivity contribution in [3.05, 3.63) is 54.3 Å². The molecule has 1 amide bonds. The molecule has 0 radical (unpaired) electrons. The number of carbonyl (C=O) groups excluding carboxylic acids is 1. The molecule has 1 N–H and O–H groups in total. The van der Waals surface area contributed by atoms with Gasteiger partial charge in [-0.25, -0.2) is 8.42 Å². The summed E-state index contributed by atoms with van der Waals surface area (Å²) in [6.07, 6.45) is 0. The summed E-state index contributed by atoms with van der Waals surface area (Å²) in [5.74, 6) is -0.283. The van der Waals surface area contributed by atoms with Crippen LogP contribution in [0.15, 0.2) is 57.8 Å². The number of hydrogen-bond donors (Lipinski definition) is 1. The summed E-state index contributed by atoms with van der Waals surface area (Å²) in [5.41, 5.74) is 1.70. The largest absolute Gasteiger partial charge is 0.451 e. The molecule has 0 fully saturated rings. The summed E-state index contributed by atoms with van der Waals surface area (Å²) in [7, 11) is 0.00128. The Hall–Kier alpha value is -2.84. The number of nitrogens with zero attached hydrogens (tertiary/aromatic N) is 2. The Balaban J connectivity index is 1.99. The molecule has 8 heteroatoms. The fourth-order valence-electron chi connectivity index (χ4n) is 3.16. The Bertz CT molecular complexity index is 1100. The molecule has 0 aliphatic carbocycles. The minimum atomic E-state index is -3.65. The molecule has 154 valence electrons. The molecule has 0 saturated heterocycles. The lowest BCUT2D eigenvalue weighted by Gasteiger charge is -2.22. The molecule has 0 unspecified atom stereocenters. The summed E-state index contributed by atoms with van der Waals surface area (Å²) in [5, 5.41) is 3.62. The first-order chi connectivity index (χ1) is 13.8. The van der Waals surface area contributed by atoms with Gasteiger partial charge in [-0.15, -0.1) is 0 Å². The van der Waals surface area contributed by atoms with Gasteiger partial charge in [0.2, 0.25) is 10.0 Å². The van der Waals surface area contributed by atoms with Crippen LogP contribution in [0.5, 0.6) is 0 Å². The first-order valence-electron chi connectivity index (χ1n) is 9.39. The number of hydrogen-bond acceptors (Lipinski definition) is 5. The lowest BCUT2D eigenvalue weighted by atomic mass is 10.2. The lowest BCUT2D eigenvalue weighted by molar-refractivity contribution is 0.0998. The van der Waals surface area contributed by atoms with Crippen LogP contribution in [0.1, 0.15) is 24.4 Å². The highest BCUT2D eigenvalue weighted by molar-refractivity contribution is 7.89. The minimum Gasteiger partial charge on any atom is -0.451 e. The van der Waals surface area contributed by atoms with Crippen LogP contribution in [0.4, 0.5) is 11.4 Å². The summed E-state index contributed by atoms with van der Waals surface area (Å²) < 4.78 is 32.8. The van der Waals surface area contributed by atoms with E-state index in [-0.39, 0.29) is 10.7 Å². The third-order valence-electron chi connectivity index (χ3n) is 4.69. The van der Waals surface area contributed by atoms with E-state index in [4.69, 9.17) is 4.42 Å². The zero-order chi connectivity index (χ0) is 21.2. The molecule has 0 atom stereocenters. The average Bonchev–Trinajstić information content (AvgIpc) is 3.13. The van der Waals surface area contributed by atoms with Crippen molar-refractivity contribution in [1.82, 2.24) is 4.31 Å². The fraction of sp³-hybridized carbons (Fsp3) is 0.286. The molecule has 1 heterocycles. The van der Waals surface area contributed by atoms with Crippen molar-refractivity contribution < 1.29 is 17.6 Å². The van der Waals surface area contributed by atoms with Crippen LogP contribution in [0, 0.1) is 0 Å². The van der Waals surface area contributed by atoms with Crippen LogP contribution in [0.25, 0.3) is 11.0 Å². The molecule has 7 nitrogen and oxygen atoms in total. The van der Waals surface area contributed by atoms with Gasteiger partial charge in [0.25, 0.3) is 5.91 Å². The van der Waals surface area contributed by atoms with Crippen LogP contribution in [0.2, 0.25) is 0 Å². The second-order valence-corrected chi connectivity index (χ2v) is 8.70. The predicted octanol–water partition coefficient (Wildman–Crippen LogP) is 3.78. The van der Waals surface area contributed by atoms with Crippen LogP contribution < -0.4 is 10.2 Å². The van der Waals surface area contributed by atoms with Gasteiger partial charge in [0, 0.05) is 32.6 Å². The van der Waals surface area contributed by atoms with Gasteiger partial charge >= 0.3 is 0 Å². The van der Waals surface area contributed by atoms with E-state index in [9.17, 15) is 13.2 Å². The quantitative estimate of drug-likeness (QED) is 0.635. The Morgan fingerprint density at radius 2 is 1.72 bits per heavy atom. The number of benzene rings is 2. The Morgan fingerprint density at radius 3 is 2.34 bits per heavy atom. The number of carbonyl (C=O) groups is 1. The maximum atomic E-state index is 12.9. The molecule has 0 saturated carbocycles. The molecular weight excluding hydrogens is 390 g/mol. The number of furan rings is 1. The van der Waals surface area contributed by atoms with Crippen LogP contribution in [-0.2, 0) is 10.0 Å². The van der Waals surface area contributed by atoms with E-state index in [1.165, 1.54) is 10.4 Å². The zero-order valence-corrected chi connectivity index (χ0v) is 17.8. The molecule has 3 rings (SSSR count). The normalized spacial score (nSPS) is 11.8. The first kappa shape index (κ1) is 20.9. The first-order valence-corrected chi connectivity index (χ1v) is 10.8. The topological polar surface area (TPSA) is 82.9 Å². The maximum absolute atomic E-state index is 12.9. The number of fused-ring (bicyclic) bond motifs is 1. The molecule has 1 aromatic heterocycles. The van der Waals surface area contributed by atoms with Crippen LogP contribution in [0.3, 0.4) is 0 Å². The zero-order valence-electron chi connectivity index (χ0n) is 17.0. The second-order valence-electron chi connectivity index (χ2n) is 6.77. The van der Waals surface area contributed by atoms with Gasteiger partial charge in [-0.2, -0.15) is 4.31 Å². The van der Waals surface area contributed by atoms with E-state index in [1.807, 2.05) is 37.2 Å². The summed E-state index contributed by atoms with van der Waals surface area (Å²) in [6.45, 7) is 4.32. The standard InChI is InChI=1S/C21H25N3O4S/c1-5-24(6-2)29(26,27)16-11-12-18(23(3)4)17(14-16)22-21(25)20-13-15-9-7-8-10-19(15)28-20/h7-14H,5-6H2,1-4H3,(H,22,25). The highest BCUT2D eigenvalue weighted by Crippen LogP contribution is 2.30. The van der Waals surface area contributed by atoms with Crippen molar-refractivity contribution >= 4 is 38.3 Å². The minimum absolute atomic E-state index is 0.131. The van der Waals surface area contributed by atoms with Gasteiger partial charge in [0.15, 0.2) is 5.76 Å². The van der Waals surface area contributed by atoms with Crippen molar-refractivity contribution in [2.45, 2.75) is 18.7 Å². The number of sulfonamides is 1. The molecule has 3 aromatic rings. The van der Waals surface area contributed by atoms with E-state index < -0.39 is 15.9 Å². The number of nitrogens with one attached hydrogen (secondary N) is 1. The van der Waals surface area contributed by atoms with E-state index in [1.54, 1.807) is 38.1 Å². The number of rotatable bonds is 7. The van der Waals surface area contributed by atoms with Gasteiger partial charge in [-0.05, 0) is 30.3 Å². The van der Waals surface area contributed by atoms with Gasteiger partial charge in [0.05, 0.1) is 16.3 Å². The SMILES string of the molecule is CCN(CC)S(=O)(=O)c1ccc(N(C)C)c(NC(=O)c2cc3ccccc3o2)c1. The average molecular weight is 416 g/mol. The van der Waals surface area contributed by atoms with E-state index in [2.05, 4.69) is 5.32 Å². The highest BCUT2D eigenvalue weighted by Gasteiger charge is 2.24. The monoisotopic (exact) mass is 415 g/mol. The van der Waals surface area contributed by atoms with E-state index in [0.29, 0.717) is 30.0 Å². The fourth-order valence-corrected chi connectivity index (χ4v) is 4.64. The third-order valence-corrected chi connectivity index (χ3v) is 6.74. The van der Waals surface area contributed by atoms with E-state index in [0.717, 1.165) is 5.39 Å². The lowest BCUT2D eigenvalue weighted by Crippen LogP contribution is -2.30. The smallest absolute Gasteiger partial charge is 0.291 e. The van der Waals surface area contributed by atoms with Gasteiger partial charge in [-0.3, -0.25) is 4.79 Å². The molecule has 2 aromatic carbocycles. The van der Waals surface area contributed by atoms with Gasteiger partial charge in [-0.1, -0.05) is 32.0 Å². The number of anilines is 2. The number of para-hydroxylation sites is 1. The van der Waals surface area contributed by atoms with Crippen molar-refractivity contribution in [1.29, 1.82) is 0 Å². The molecule has 0 spiro atoms. The van der Waals surface area contributed by atoms with Crippen molar-refractivity contribution in [3.63, 3.8) is 0 Å². The highest BCUT2D eigenvalue weighted by atomic mass is 32.2. The summed E-state index contributed by atoms with van der Waals surface area (Å²) in [6, 6.07) is 13.7. The Kier molecular flexibility index (Phi) is 5.95. The Morgan fingerprint density at radius 1 is 1.03 bits per heavy atom. The predicted molar refractivity (Wildman–Crippen MR) is 115 cm³/mol. The second kappa shape index (κ2) is 8.26. The van der Waals surface area contributed by atoms with Gasteiger partial charge in [0.1, 0.15) is 5.58 Å². The van der Waals surface area contributed by atoms with Crippen molar-refractivity contribution in [2.24, 2.45) is 0 Å². The molecular formula is C21H25N3O4S.